The van der Waals surface area contributed by atoms with Crippen molar-refractivity contribution in [1.29, 1.82) is 0 Å². The maximum absolute atomic E-state index is 13.5. The highest BCUT2D eigenvalue weighted by atomic mass is 19.1. The van der Waals surface area contributed by atoms with Gasteiger partial charge >= 0.3 is 11.6 Å². The van der Waals surface area contributed by atoms with Gasteiger partial charge in [0.15, 0.2) is 12.4 Å². The summed E-state index contributed by atoms with van der Waals surface area (Å²) < 4.78 is 31.5. The Hall–Kier alpha value is -2.29. The van der Waals surface area contributed by atoms with Crippen LogP contribution in [0, 0.1) is 5.82 Å². The lowest BCUT2D eigenvalue weighted by Crippen LogP contribution is -2.29. The Kier molecular flexibility index (Phi) is 3.79. The molecule has 1 aromatic carbocycles. The third-order valence-electron chi connectivity index (χ3n) is 4.14. The van der Waals surface area contributed by atoms with Crippen LogP contribution in [0.3, 0.4) is 0 Å². The van der Waals surface area contributed by atoms with Gasteiger partial charge in [-0.2, -0.15) is 9.37 Å². The zero-order valence-electron chi connectivity index (χ0n) is 12.5. The lowest BCUT2D eigenvalue weighted by molar-refractivity contribution is -0.135. The van der Waals surface area contributed by atoms with E-state index in [1.807, 2.05) is 30.3 Å². The van der Waals surface area contributed by atoms with Gasteiger partial charge < -0.3 is 19.3 Å². The summed E-state index contributed by atoms with van der Waals surface area (Å²) in [5.41, 5.74) is 0.0144. The molecule has 4 rings (SSSR count). The van der Waals surface area contributed by atoms with Crippen LogP contribution in [0.4, 0.5) is 4.39 Å². The third-order valence-corrected chi connectivity index (χ3v) is 4.14. The smallest absolute Gasteiger partial charge is 0.311 e. The summed E-state index contributed by atoms with van der Waals surface area (Å²) in [6.45, 7) is 0.572. The molecule has 126 valence electrons. The molecule has 0 bridgehead atoms. The summed E-state index contributed by atoms with van der Waals surface area (Å²) in [5, 5.41) is 9.98. The number of halogens is 1. The van der Waals surface area contributed by atoms with Crippen LogP contribution in [-0.2, 0) is 16.1 Å². The molecule has 2 aromatic rings. The minimum absolute atomic E-state index is 0.0215. The van der Waals surface area contributed by atoms with E-state index in [1.54, 1.807) is 0 Å². The Morgan fingerprint density at radius 2 is 2.12 bits per heavy atom. The number of benzene rings is 1. The molecule has 8 heteroatoms. The van der Waals surface area contributed by atoms with E-state index in [0.29, 0.717) is 6.61 Å². The van der Waals surface area contributed by atoms with Gasteiger partial charge in [-0.15, -0.1) is 0 Å². The first kappa shape index (κ1) is 15.3. The van der Waals surface area contributed by atoms with Crippen molar-refractivity contribution in [2.24, 2.45) is 0 Å². The highest BCUT2D eigenvalue weighted by Crippen LogP contribution is 2.40. The van der Waals surface area contributed by atoms with Crippen LogP contribution in [0.15, 0.2) is 41.3 Å². The van der Waals surface area contributed by atoms with Crippen molar-refractivity contribution in [2.75, 3.05) is 6.61 Å². The van der Waals surface area contributed by atoms with Gasteiger partial charge in [0.05, 0.1) is 19.4 Å². The quantitative estimate of drug-likeness (QED) is 0.883. The SMILES string of the molecule is O=c1nc2n(cc1F)[C@@H]1[C@H](O2)[C@@H](O)O[C@@H]1COCc1ccccc1. The summed E-state index contributed by atoms with van der Waals surface area (Å²) in [4.78, 5) is 14.8. The fourth-order valence-electron chi connectivity index (χ4n) is 3.04. The van der Waals surface area contributed by atoms with Crippen molar-refractivity contribution in [2.45, 2.75) is 31.1 Å². The van der Waals surface area contributed by atoms with Gasteiger partial charge in [0.1, 0.15) is 12.1 Å². The standard InChI is InChI=1S/C16H15FN2O5/c17-10-6-19-12-11(8-22-7-9-4-2-1-3-5-9)23-15(21)13(12)24-16(19)18-14(10)20/h1-6,11-13,15,21H,7-8H2/t11-,12+,13+,15+/m1/s1. The molecule has 4 atom stereocenters. The van der Waals surface area contributed by atoms with Crippen LogP contribution in [0.1, 0.15) is 11.6 Å². The van der Waals surface area contributed by atoms with E-state index in [2.05, 4.69) is 4.98 Å². The number of hydrogen-bond acceptors (Lipinski definition) is 6. The molecule has 0 unspecified atom stereocenters. The van der Waals surface area contributed by atoms with Crippen LogP contribution in [0.25, 0.3) is 0 Å². The average molecular weight is 334 g/mol. The summed E-state index contributed by atoms with van der Waals surface area (Å²) in [7, 11) is 0. The third kappa shape index (κ3) is 2.58. The second-order valence-corrected chi connectivity index (χ2v) is 5.72. The normalized spacial score (nSPS) is 27.6. The first-order valence-electron chi connectivity index (χ1n) is 7.54. The predicted molar refractivity (Wildman–Crippen MR) is 78.9 cm³/mol. The first-order valence-corrected chi connectivity index (χ1v) is 7.54. The van der Waals surface area contributed by atoms with E-state index in [0.717, 1.165) is 11.8 Å². The average Bonchev–Trinajstić information content (AvgIpc) is 3.07. The number of ether oxygens (including phenoxy) is 3. The van der Waals surface area contributed by atoms with Gasteiger partial charge in [-0.05, 0) is 5.56 Å². The zero-order chi connectivity index (χ0) is 16.7. The topological polar surface area (TPSA) is 82.8 Å². The molecular formula is C16H15FN2O5. The number of aliphatic hydroxyl groups is 1. The van der Waals surface area contributed by atoms with Crippen molar-refractivity contribution in [1.82, 2.24) is 9.55 Å². The molecule has 1 fully saturated rings. The van der Waals surface area contributed by atoms with Crippen LogP contribution < -0.4 is 10.3 Å². The minimum atomic E-state index is -1.19. The Morgan fingerprint density at radius 3 is 2.92 bits per heavy atom. The van der Waals surface area contributed by atoms with Gasteiger partial charge in [0, 0.05) is 0 Å². The number of nitrogens with zero attached hydrogens (tertiary/aromatic N) is 2. The number of hydrogen-bond donors (Lipinski definition) is 1. The van der Waals surface area contributed by atoms with Crippen molar-refractivity contribution in [3.63, 3.8) is 0 Å². The van der Waals surface area contributed by atoms with E-state index >= 15 is 0 Å². The van der Waals surface area contributed by atoms with E-state index < -0.39 is 35.9 Å². The number of aliphatic hydroxyl groups excluding tert-OH is 1. The Morgan fingerprint density at radius 1 is 1.33 bits per heavy atom. The van der Waals surface area contributed by atoms with Gasteiger partial charge in [-0.3, -0.25) is 9.36 Å². The maximum Gasteiger partial charge on any atom is 0.311 e. The minimum Gasteiger partial charge on any atom is -0.453 e. The largest absolute Gasteiger partial charge is 0.453 e. The molecule has 0 aliphatic carbocycles. The fourth-order valence-corrected chi connectivity index (χ4v) is 3.04. The molecule has 0 radical (unpaired) electrons. The summed E-state index contributed by atoms with van der Waals surface area (Å²) in [5.74, 6) is -0.978. The molecule has 24 heavy (non-hydrogen) atoms. The highest BCUT2D eigenvalue weighted by molar-refractivity contribution is 5.15. The van der Waals surface area contributed by atoms with Crippen LogP contribution >= 0.6 is 0 Å². The molecule has 0 saturated carbocycles. The van der Waals surface area contributed by atoms with Crippen LogP contribution in [-0.4, -0.2) is 39.8 Å². The predicted octanol–water partition coefficient (Wildman–Crippen LogP) is 0.618. The Bertz CT molecular complexity index is 797. The lowest BCUT2D eigenvalue weighted by atomic mass is 10.1. The van der Waals surface area contributed by atoms with Crippen LogP contribution in [0.5, 0.6) is 6.01 Å². The summed E-state index contributed by atoms with van der Waals surface area (Å²) in [6.07, 6.45) is -1.45. The van der Waals surface area contributed by atoms with Crippen molar-refractivity contribution < 1.29 is 23.7 Å². The van der Waals surface area contributed by atoms with Gasteiger partial charge in [0.25, 0.3) is 0 Å². The maximum atomic E-state index is 13.5. The molecule has 7 nitrogen and oxygen atoms in total. The van der Waals surface area contributed by atoms with E-state index in [-0.39, 0.29) is 12.6 Å². The van der Waals surface area contributed by atoms with Gasteiger partial charge in [-0.1, -0.05) is 30.3 Å². The Labute approximate surface area is 136 Å². The van der Waals surface area contributed by atoms with Crippen molar-refractivity contribution >= 4 is 0 Å². The molecule has 1 saturated heterocycles. The van der Waals surface area contributed by atoms with Crippen molar-refractivity contribution in [3.05, 3.63) is 58.3 Å². The van der Waals surface area contributed by atoms with Crippen LogP contribution in [0.2, 0.25) is 0 Å². The summed E-state index contributed by atoms with van der Waals surface area (Å²) in [6, 6.07) is 9.09. The zero-order valence-corrected chi connectivity index (χ0v) is 12.5. The van der Waals surface area contributed by atoms with E-state index in [9.17, 15) is 14.3 Å². The highest BCUT2D eigenvalue weighted by Gasteiger charge is 2.52. The van der Waals surface area contributed by atoms with E-state index in [4.69, 9.17) is 14.2 Å². The molecule has 2 aliphatic heterocycles. The Balaban J connectivity index is 1.50. The van der Waals surface area contributed by atoms with Crippen molar-refractivity contribution in [3.8, 4) is 6.01 Å². The molecule has 0 spiro atoms. The second kappa shape index (κ2) is 5.97. The number of aromatic nitrogens is 2. The van der Waals surface area contributed by atoms with E-state index in [1.165, 1.54) is 4.57 Å². The monoisotopic (exact) mass is 334 g/mol. The fraction of sp³-hybridized carbons (Fsp3) is 0.375. The molecular weight excluding hydrogens is 319 g/mol. The second-order valence-electron chi connectivity index (χ2n) is 5.72. The molecule has 3 heterocycles. The van der Waals surface area contributed by atoms with Gasteiger partial charge in [-0.25, -0.2) is 0 Å². The number of rotatable bonds is 4. The number of fused-ring (bicyclic) bond motifs is 3. The van der Waals surface area contributed by atoms with Gasteiger partial charge in [0.2, 0.25) is 5.82 Å². The molecule has 0 amide bonds. The lowest BCUT2D eigenvalue weighted by Gasteiger charge is -2.18. The first-order chi connectivity index (χ1) is 11.6. The molecule has 1 N–H and O–H groups in total. The molecule has 2 aliphatic rings. The summed E-state index contributed by atoms with van der Waals surface area (Å²) >= 11 is 0. The molecule has 1 aromatic heterocycles.